The summed E-state index contributed by atoms with van der Waals surface area (Å²) in [5, 5.41) is 79.6. The molecule has 16 nitrogen and oxygen atoms in total. The highest BCUT2D eigenvalue weighted by atomic mass is 32.2. The van der Waals surface area contributed by atoms with Gasteiger partial charge in [-0.25, -0.2) is 16.8 Å². The number of aliphatic hydroxyl groups excluding tert-OH is 8. The molecule has 336 valence electrons. The summed E-state index contributed by atoms with van der Waals surface area (Å²) in [7, 11) is -9.84. The molecular formula is C37H38F6O16S2. The zero-order chi connectivity index (χ0) is 45.1. The fourth-order valence-corrected chi connectivity index (χ4v) is 11.1. The number of allylic oxidation sites excluding steroid dienone is 6. The normalized spacial score (nSPS) is 34.6. The minimum absolute atomic E-state index is 0.0860. The number of hydrogen-bond donors (Lipinski definition) is 8. The van der Waals surface area contributed by atoms with Crippen LogP contribution >= 0.6 is 0 Å². The Balaban J connectivity index is 1.28. The number of aliphatic hydroxyl groups is 8. The monoisotopic (exact) mass is 916 g/mol. The van der Waals surface area contributed by atoms with Crippen LogP contribution in [0.1, 0.15) is 36.1 Å². The lowest BCUT2D eigenvalue weighted by Crippen LogP contribution is -2.59. The van der Waals surface area contributed by atoms with Crippen molar-refractivity contribution in [3.05, 3.63) is 79.6 Å². The molecule has 2 fully saturated rings. The van der Waals surface area contributed by atoms with Crippen molar-refractivity contribution < 1.29 is 103 Å². The molecule has 0 unspecified atom stereocenters. The van der Waals surface area contributed by atoms with Gasteiger partial charge in [0.2, 0.25) is 19.7 Å². The maximum Gasteiger partial charge on any atom is 0.380 e. The van der Waals surface area contributed by atoms with Gasteiger partial charge < -0.3 is 59.8 Å². The molecule has 10 atom stereocenters. The van der Waals surface area contributed by atoms with Gasteiger partial charge in [0.1, 0.15) is 48.8 Å². The summed E-state index contributed by atoms with van der Waals surface area (Å²) < 4.78 is 172. The van der Waals surface area contributed by atoms with Gasteiger partial charge in [-0.15, -0.1) is 0 Å². The third-order valence-corrected chi connectivity index (χ3v) is 15.3. The SMILES string of the molecule is CC1=C(C2=C(C3=C(C)S(=O)(=O)c4cc(CO[C@@H]5O[C@H](CO)[C@@H](O)[C@H](O)[C@H]5O)ccc43)C(F)(F)C(F)(F)C2(F)F)c2ccc(CO[C@@H]3O[C@H](CO)[C@@H](O)[C@H](O)[C@H]3O)cc2S1(=O)=O. The second-order valence-electron chi connectivity index (χ2n) is 15.0. The number of hydrogen-bond acceptors (Lipinski definition) is 16. The van der Waals surface area contributed by atoms with Crippen LogP contribution in [0, 0.1) is 0 Å². The molecule has 4 aliphatic heterocycles. The molecule has 0 saturated carbocycles. The van der Waals surface area contributed by atoms with Crippen molar-refractivity contribution in [2.45, 2.75) is 116 Å². The average Bonchev–Trinajstić information content (AvgIpc) is 3.57. The molecule has 4 heterocycles. The quantitative estimate of drug-likeness (QED) is 0.149. The Morgan fingerprint density at radius 3 is 1.25 bits per heavy atom. The first kappa shape index (κ1) is 45.7. The lowest BCUT2D eigenvalue weighted by atomic mass is 9.87. The van der Waals surface area contributed by atoms with Crippen LogP contribution in [0.3, 0.4) is 0 Å². The van der Waals surface area contributed by atoms with Crippen molar-refractivity contribution in [1.82, 2.24) is 0 Å². The van der Waals surface area contributed by atoms with Crippen LogP contribution in [0.4, 0.5) is 26.3 Å². The zero-order valence-corrected chi connectivity index (χ0v) is 33.1. The fourth-order valence-electron chi connectivity index (χ4n) is 7.93. The molecule has 0 aromatic heterocycles. The Morgan fingerprint density at radius 1 is 0.574 bits per heavy atom. The summed E-state index contributed by atoms with van der Waals surface area (Å²) in [4.78, 5) is -3.75. The lowest BCUT2D eigenvalue weighted by Gasteiger charge is -2.39. The maximum atomic E-state index is 16.2. The van der Waals surface area contributed by atoms with Crippen molar-refractivity contribution in [3.8, 4) is 0 Å². The minimum Gasteiger partial charge on any atom is -0.394 e. The molecule has 5 aliphatic rings. The van der Waals surface area contributed by atoms with Crippen molar-refractivity contribution in [1.29, 1.82) is 0 Å². The van der Waals surface area contributed by atoms with E-state index < -0.39 is 178 Å². The molecule has 0 amide bonds. The number of halogens is 6. The molecule has 8 N–H and O–H groups in total. The third kappa shape index (κ3) is 6.72. The van der Waals surface area contributed by atoms with Crippen molar-refractivity contribution >= 4 is 30.8 Å². The summed E-state index contributed by atoms with van der Waals surface area (Å²) in [6.45, 7) is -1.48. The van der Waals surface area contributed by atoms with E-state index in [4.69, 9.17) is 18.9 Å². The molecule has 2 aromatic carbocycles. The molecule has 24 heteroatoms. The predicted octanol–water partition coefficient (Wildman–Crippen LogP) is 0.272. The van der Waals surface area contributed by atoms with Crippen LogP contribution in [-0.4, -0.2) is 150 Å². The molecule has 2 aromatic rings. The smallest absolute Gasteiger partial charge is 0.380 e. The van der Waals surface area contributed by atoms with Gasteiger partial charge in [-0.2, -0.15) is 26.3 Å². The Bertz CT molecular complexity index is 2290. The highest BCUT2D eigenvalue weighted by Gasteiger charge is 2.81. The fraction of sp³-hybridized carbons (Fsp3) is 0.514. The second kappa shape index (κ2) is 15.4. The van der Waals surface area contributed by atoms with Gasteiger partial charge >= 0.3 is 17.8 Å². The molecular weight excluding hydrogens is 879 g/mol. The topological polar surface area (TPSA) is 267 Å². The van der Waals surface area contributed by atoms with Gasteiger partial charge in [0.15, 0.2) is 12.6 Å². The second-order valence-corrected chi connectivity index (χ2v) is 19.1. The average molecular weight is 917 g/mol. The number of ether oxygens (including phenoxy) is 4. The van der Waals surface area contributed by atoms with Gasteiger partial charge in [0.05, 0.1) is 46.0 Å². The van der Waals surface area contributed by atoms with Crippen molar-refractivity contribution in [2.75, 3.05) is 13.2 Å². The summed E-state index contributed by atoms with van der Waals surface area (Å²) in [5.41, 5.74) is -8.42. The van der Waals surface area contributed by atoms with E-state index in [-0.39, 0.29) is 11.1 Å². The first-order chi connectivity index (χ1) is 28.3. The molecule has 2 saturated heterocycles. The number of alkyl halides is 6. The standard InChI is InChI=1S/C37H38F6O16S2/c1-13-23(17-5-3-15(7-21(17)60(13,52)53)11-56-33-31(50)29(48)27(46)19(9-44)58-33)25-26(36(40,41)37(42,43)35(25,38)39)24-14(2)61(54,55)22-8-16(4-6-18(22)24)12-57-34-32(51)30(49)28(47)20(10-45)59-34/h3-8,19-20,27-34,44-51H,9-12H2,1-2H3/t19-,20-,27-,28-,29+,30+,31-,32-,33-,34-/m1/s1. The van der Waals surface area contributed by atoms with E-state index in [1.165, 1.54) is 0 Å². The van der Waals surface area contributed by atoms with Crippen molar-refractivity contribution in [2.24, 2.45) is 0 Å². The van der Waals surface area contributed by atoms with Crippen molar-refractivity contribution in [3.63, 3.8) is 0 Å². The Labute approximate surface area is 342 Å². The van der Waals surface area contributed by atoms with Crippen LogP contribution < -0.4 is 0 Å². The van der Waals surface area contributed by atoms with Gasteiger partial charge in [-0.3, -0.25) is 0 Å². The van der Waals surface area contributed by atoms with Gasteiger partial charge in [0.25, 0.3) is 0 Å². The van der Waals surface area contributed by atoms with Crippen LogP contribution in [0.2, 0.25) is 0 Å². The van der Waals surface area contributed by atoms with E-state index in [2.05, 4.69) is 0 Å². The van der Waals surface area contributed by atoms with Crippen LogP contribution in [0.5, 0.6) is 0 Å². The van der Waals surface area contributed by atoms with E-state index in [1.807, 2.05) is 0 Å². The highest BCUT2D eigenvalue weighted by Crippen LogP contribution is 2.67. The predicted molar refractivity (Wildman–Crippen MR) is 191 cm³/mol. The Hall–Kier alpha value is -3.34. The first-order valence-electron chi connectivity index (χ1n) is 18.2. The summed E-state index contributed by atoms with van der Waals surface area (Å²) in [6, 6.07) is 5.50. The van der Waals surface area contributed by atoms with E-state index in [9.17, 15) is 57.7 Å². The minimum atomic E-state index is -6.25. The summed E-state index contributed by atoms with van der Waals surface area (Å²) >= 11 is 0. The maximum absolute atomic E-state index is 16.2. The van der Waals surface area contributed by atoms with E-state index in [0.717, 1.165) is 36.4 Å². The third-order valence-electron chi connectivity index (χ3n) is 11.4. The molecule has 0 radical (unpaired) electrons. The molecule has 1 aliphatic carbocycles. The number of rotatable bonds is 10. The van der Waals surface area contributed by atoms with Gasteiger partial charge in [0, 0.05) is 33.4 Å². The highest BCUT2D eigenvalue weighted by molar-refractivity contribution is 7.96. The lowest BCUT2D eigenvalue weighted by molar-refractivity contribution is -0.304. The molecule has 0 bridgehead atoms. The zero-order valence-electron chi connectivity index (χ0n) is 31.5. The molecule has 61 heavy (non-hydrogen) atoms. The summed E-state index contributed by atoms with van der Waals surface area (Å²) in [6.07, 6.45) is -17.1. The number of sulfone groups is 2. The van der Waals surface area contributed by atoms with Gasteiger partial charge in [-0.05, 0) is 37.1 Å². The van der Waals surface area contributed by atoms with E-state index in [0.29, 0.717) is 13.8 Å². The largest absolute Gasteiger partial charge is 0.394 e. The molecule has 7 rings (SSSR count). The number of benzene rings is 2. The van der Waals surface area contributed by atoms with Crippen LogP contribution in [0.25, 0.3) is 11.1 Å². The van der Waals surface area contributed by atoms with Crippen LogP contribution in [-0.2, 0) is 51.8 Å². The first-order valence-corrected chi connectivity index (χ1v) is 21.2. The van der Waals surface area contributed by atoms with E-state index >= 15 is 26.3 Å². The van der Waals surface area contributed by atoms with E-state index in [1.54, 1.807) is 0 Å². The Kier molecular flexibility index (Phi) is 11.6. The molecule has 0 spiro atoms. The summed E-state index contributed by atoms with van der Waals surface area (Å²) in [5.74, 6) is -17.9. The Morgan fingerprint density at radius 2 is 0.918 bits per heavy atom. The van der Waals surface area contributed by atoms with Gasteiger partial charge in [-0.1, -0.05) is 24.3 Å². The van der Waals surface area contributed by atoms with Crippen LogP contribution in [0.15, 0.2) is 67.1 Å². The number of fused-ring (bicyclic) bond motifs is 2.